The summed E-state index contributed by atoms with van der Waals surface area (Å²) >= 11 is 0. The van der Waals surface area contributed by atoms with Crippen LogP contribution in [0.3, 0.4) is 0 Å². The van der Waals surface area contributed by atoms with E-state index in [4.69, 9.17) is 9.47 Å². The molecule has 132 valence electrons. The molecule has 0 fully saturated rings. The SMILES string of the molecule is COCc1cccc(-c2cc3c(cc2OC)c(C)cc2n[nH]c(=O)n23)c1. The predicted molar refractivity (Wildman–Crippen MR) is 101 cm³/mol. The molecule has 4 aromatic rings. The number of methoxy groups -OCH3 is 2. The van der Waals surface area contributed by atoms with Crippen LogP contribution in [0.1, 0.15) is 11.1 Å². The maximum absolute atomic E-state index is 12.2. The first kappa shape index (κ1) is 16.4. The van der Waals surface area contributed by atoms with Crippen molar-refractivity contribution < 1.29 is 9.47 Å². The van der Waals surface area contributed by atoms with Crippen LogP contribution in [0.4, 0.5) is 0 Å². The number of aromatic nitrogens is 3. The molecular formula is C20H19N3O3. The first-order chi connectivity index (χ1) is 12.6. The molecule has 0 bridgehead atoms. The first-order valence-electron chi connectivity index (χ1n) is 8.29. The van der Waals surface area contributed by atoms with Gasteiger partial charge in [-0.2, -0.15) is 5.10 Å². The van der Waals surface area contributed by atoms with Gasteiger partial charge in [0.25, 0.3) is 0 Å². The van der Waals surface area contributed by atoms with Crippen LogP contribution >= 0.6 is 0 Å². The third-order valence-electron chi connectivity index (χ3n) is 4.58. The lowest BCUT2D eigenvalue weighted by atomic mass is 9.99. The van der Waals surface area contributed by atoms with Crippen LogP contribution in [0.2, 0.25) is 0 Å². The highest BCUT2D eigenvalue weighted by Gasteiger charge is 2.14. The Labute approximate surface area is 150 Å². The second-order valence-electron chi connectivity index (χ2n) is 6.25. The van der Waals surface area contributed by atoms with Gasteiger partial charge in [0.15, 0.2) is 5.65 Å². The lowest BCUT2D eigenvalue weighted by Gasteiger charge is -2.14. The van der Waals surface area contributed by atoms with Crippen molar-refractivity contribution in [3.8, 4) is 16.9 Å². The van der Waals surface area contributed by atoms with Gasteiger partial charge in [-0.15, -0.1) is 0 Å². The molecule has 4 rings (SSSR count). The van der Waals surface area contributed by atoms with Crippen molar-refractivity contribution >= 4 is 16.6 Å². The average Bonchev–Trinajstić information content (AvgIpc) is 3.02. The van der Waals surface area contributed by atoms with Gasteiger partial charge in [-0.3, -0.25) is 0 Å². The molecule has 0 radical (unpaired) electrons. The molecule has 6 nitrogen and oxygen atoms in total. The van der Waals surface area contributed by atoms with E-state index in [0.29, 0.717) is 12.3 Å². The highest BCUT2D eigenvalue weighted by molar-refractivity contribution is 5.92. The Balaban J connectivity index is 2.06. The molecule has 0 saturated heterocycles. The van der Waals surface area contributed by atoms with E-state index in [0.717, 1.165) is 38.9 Å². The molecule has 0 amide bonds. The van der Waals surface area contributed by atoms with E-state index in [1.165, 1.54) is 0 Å². The molecular weight excluding hydrogens is 330 g/mol. The van der Waals surface area contributed by atoms with Gasteiger partial charge in [0.1, 0.15) is 5.75 Å². The molecule has 1 N–H and O–H groups in total. The van der Waals surface area contributed by atoms with Gasteiger partial charge in [0.2, 0.25) is 0 Å². The Morgan fingerprint density at radius 3 is 2.77 bits per heavy atom. The molecule has 0 aliphatic heterocycles. The van der Waals surface area contributed by atoms with E-state index >= 15 is 0 Å². The summed E-state index contributed by atoms with van der Waals surface area (Å²) in [5, 5.41) is 7.56. The number of pyridine rings is 1. The molecule has 26 heavy (non-hydrogen) atoms. The molecule has 0 atom stereocenters. The van der Waals surface area contributed by atoms with Crippen molar-refractivity contribution in [1.82, 2.24) is 14.6 Å². The minimum absolute atomic E-state index is 0.255. The second-order valence-corrected chi connectivity index (χ2v) is 6.25. The molecule has 2 heterocycles. The number of ether oxygens (including phenoxy) is 2. The molecule has 0 saturated carbocycles. The second kappa shape index (κ2) is 6.31. The lowest BCUT2D eigenvalue weighted by Crippen LogP contribution is -2.10. The molecule has 0 spiro atoms. The van der Waals surface area contributed by atoms with Crippen molar-refractivity contribution in [2.45, 2.75) is 13.5 Å². The lowest BCUT2D eigenvalue weighted by molar-refractivity contribution is 0.185. The van der Waals surface area contributed by atoms with Gasteiger partial charge >= 0.3 is 5.69 Å². The molecule has 2 aromatic heterocycles. The van der Waals surface area contributed by atoms with Gasteiger partial charge in [-0.05, 0) is 47.9 Å². The van der Waals surface area contributed by atoms with Crippen molar-refractivity contribution in [1.29, 1.82) is 0 Å². The number of H-pyrrole nitrogens is 1. The number of nitrogens with one attached hydrogen (secondary N) is 1. The minimum Gasteiger partial charge on any atom is -0.496 e. The summed E-state index contributed by atoms with van der Waals surface area (Å²) in [6, 6.07) is 13.9. The molecule has 2 aromatic carbocycles. The van der Waals surface area contributed by atoms with Crippen molar-refractivity contribution in [2.24, 2.45) is 0 Å². The number of aromatic amines is 1. The van der Waals surface area contributed by atoms with Crippen LogP contribution in [-0.2, 0) is 11.3 Å². The third-order valence-corrected chi connectivity index (χ3v) is 4.58. The fourth-order valence-corrected chi connectivity index (χ4v) is 3.37. The smallest absolute Gasteiger partial charge is 0.348 e. The third kappa shape index (κ3) is 2.55. The summed E-state index contributed by atoms with van der Waals surface area (Å²) in [5.41, 5.74) is 5.17. The number of hydrogen-bond acceptors (Lipinski definition) is 4. The number of aryl methyl sites for hydroxylation is 1. The summed E-state index contributed by atoms with van der Waals surface area (Å²) in [4.78, 5) is 12.2. The maximum atomic E-state index is 12.2. The van der Waals surface area contributed by atoms with Crippen LogP contribution in [0.5, 0.6) is 5.75 Å². The van der Waals surface area contributed by atoms with E-state index in [2.05, 4.69) is 16.3 Å². The van der Waals surface area contributed by atoms with Crippen LogP contribution < -0.4 is 10.4 Å². The topological polar surface area (TPSA) is 68.6 Å². The fourth-order valence-electron chi connectivity index (χ4n) is 3.37. The highest BCUT2D eigenvalue weighted by Crippen LogP contribution is 2.35. The van der Waals surface area contributed by atoms with E-state index in [9.17, 15) is 4.79 Å². The number of nitrogens with zero attached hydrogens (tertiary/aromatic N) is 2. The summed E-state index contributed by atoms with van der Waals surface area (Å²) in [6.45, 7) is 2.54. The molecule has 0 aliphatic carbocycles. The van der Waals surface area contributed by atoms with Crippen LogP contribution in [0, 0.1) is 6.92 Å². The van der Waals surface area contributed by atoms with Crippen LogP contribution in [0.15, 0.2) is 47.3 Å². The molecule has 0 unspecified atom stereocenters. The van der Waals surface area contributed by atoms with Crippen molar-refractivity contribution in [3.05, 3.63) is 64.1 Å². The van der Waals surface area contributed by atoms with Crippen molar-refractivity contribution in [3.63, 3.8) is 0 Å². The number of benzene rings is 2. The quantitative estimate of drug-likeness (QED) is 0.614. The Bertz CT molecular complexity index is 1170. The van der Waals surface area contributed by atoms with E-state index in [-0.39, 0.29) is 5.69 Å². The largest absolute Gasteiger partial charge is 0.496 e. The maximum Gasteiger partial charge on any atom is 0.348 e. The fraction of sp³-hybridized carbons (Fsp3) is 0.200. The molecule has 0 aliphatic rings. The standard InChI is InChI=1S/C20H19N3O3/c1-12-7-19-21-22-20(24)23(19)17-9-16(18(26-3)10-15(12)17)14-6-4-5-13(8-14)11-25-2/h4-10H,11H2,1-3H3,(H,22,24). The van der Waals surface area contributed by atoms with E-state index < -0.39 is 0 Å². The number of rotatable bonds is 4. The Kier molecular flexibility index (Phi) is 3.97. The zero-order valence-electron chi connectivity index (χ0n) is 14.9. The van der Waals surface area contributed by atoms with Gasteiger partial charge in [-0.25, -0.2) is 14.3 Å². The van der Waals surface area contributed by atoms with Gasteiger partial charge in [0, 0.05) is 18.1 Å². The zero-order chi connectivity index (χ0) is 18.3. The highest BCUT2D eigenvalue weighted by atomic mass is 16.5. The van der Waals surface area contributed by atoms with E-state index in [1.54, 1.807) is 18.6 Å². The Hall–Kier alpha value is -3.12. The normalized spacial score (nSPS) is 11.3. The monoisotopic (exact) mass is 349 g/mol. The summed E-state index contributed by atoms with van der Waals surface area (Å²) in [7, 11) is 3.33. The summed E-state index contributed by atoms with van der Waals surface area (Å²) < 4.78 is 12.5. The first-order valence-corrected chi connectivity index (χ1v) is 8.29. The summed E-state index contributed by atoms with van der Waals surface area (Å²) in [6.07, 6.45) is 0. The van der Waals surface area contributed by atoms with Gasteiger partial charge in [-0.1, -0.05) is 18.2 Å². The van der Waals surface area contributed by atoms with E-state index in [1.807, 2.05) is 43.3 Å². The van der Waals surface area contributed by atoms with Crippen LogP contribution in [0.25, 0.3) is 27.7 Å². The van der Waals surface area contributed by atoms with Gasteiger partial charge in [0.05, 0.1) is 19.2 Å². The summed E-state index contributed by atoms with van der Waals surface area (Å²) in [5.74, 6) is 0.756. The molecule has 6 heteroatoms. The van der Waals surface area contributed by atoms with Crippen molar-refractivity contribution in [2.75, 3.05) is 14.2 Å². The Morgan fingerprint density at radius 1 is 1.15 bits per heavy atom. The average molecular weight is 349 g/mol. The number of hydrogen-bond donors (Lipinski definition) is 1. The number of fused-ring (bicyclic) bond motifs is 3. The predicted octanol–water partition coefficient (Wildman–Crippen LogP) is 3.31. The minimum atomic E-state index is -0.255. The Morgan fingerprint density at radius 2 is 2.00 bits per heavy atom. The zero-order valence-corrected chi connectivity index (χ0v) is 14.9. The van der Waals surface area contributed by atoms with Crippen LogP contribution in [-0.4, -0.2) is 28.8 Å². The van der Waals surface area contributed by atoms with Gasteiger partial charge < -0.3 is 9.47 Å².